The van der Waals surface area contributed by atoms with Gasteiger partial charge in [0.25, 0.3) is 0 Å². The molecular weight excluding hydrogens is 495 g/mol. The molecule has 1 spiro atoms. The lowest BCUT2D eigenvalue weighted by Gasteiger charge is -2.41. The lowest BCUT2D eigenvalue weighted by atomic mass is 9.78. The van der Waals surface area contributed by atoms with Crippen molar-refractivity contribution in [2.24, 2.45) is 5.41 Å². The van der Waals surface area contributed by atoms with Crippen LogP contribution in [0.25, 0.3) is 11.1 Å². The summed E-state index contributed by atoms with van der Waals surface area (Å²) in [5.41, 5.74) is 0.906. The van der Waals surface area contributed by atoms with Crippen molar-refractivity contribution in [2.45, 2.75) is 63.5 Å². The van der Waals surface area contributed by atoms with E-state index in [1.54, 1.807) is 12.3 Å². The molecule has 3 fully saturated rings. The molecule has 2 aromatic rings. The topological polar surface area (TPSA) is 65.9 Å². The zero-order valence-corrected chi connectivity index (χ0v) is 20.6. The normalized spacial score (nSPS) is 27.1. The third-order valence-corrected chi connectivity index (χ3v) is 8.05. The quantitative estimate of drug-likeness (QED) is 0.579. The predicted octanol–water partition coefficient (Wildman–Crippen LogP) is 5.42. The number of piperidine rings is 1. The maximum absolute atomic E-state index is 13.6. The van der Waals surface area contributed by atoms with Crippen molar-refractivity contribution in [3.63, 3.8) is 0 Å². The lowest BCUT2D eigenvalue weighted by molar-refractivity contribution is -0.274. The van der Waals surface area contributed by atoms with E-state index in [0.29, 0.717) is 28.5 Å². The number of aliphatic hydroxyl groups is 1. The Morgan fingerprint density at radius 1 is 1.06 bits per heavy atom. The molecule has 0 unspecified atom stereocenters. The van der Waals surface area contributed by atoms with Gasteiger partial charge in [-0.25, -0.2) is 4.98 Å². The fraction of sp³-hybridized carbons (Fsp3) is 0.538. The average molecular weight is 524 g/mol. The van der Waals surface area contributed by atoms with Crippen LogP contribution in [0.1, 0.15) is 44.9 Å². The number of pyridine rings is 1. The fourth-order valence-electron chi connectivity index (χ4n) is 5.93. The SMILES string of the molecule is O=C1N([C@H]2CC[C@H](O)CC2)CC[C@]12CCCN(c1ncc(-c3ccc(OC(F)(F)F)cc3)cc1Cl)C2. The summed E-state index contributed by atoms with van der Waals surface area (Å²) >= 11 is 6.63. The van der Waals surface area contributed by atoms with Gasteiger partial charge in [-0.2, -0.15) is 0 Å². The number of alkyl halides is 3. The molecule has 1 atom stereocenters. The highest BCUT2D eigenvalue weighted by Crippen LogP contribution is 2.44. The van der Waals surface area contributed by atoms with Crippen molar-refractivity contribution < 1.29 is 27.8 Å². The molecule has 6 nitrogen and oxygen atoms in total. The van der Waals surface area contributed by atoms with Gasteiger partial charge in [-0.1, -0.05) is 23.7 Å². The summed E-state index contributed by atoms with van der Waals surface area (Å²) in [6, 6.07) is 7.53. The Labute approximate surface area is 213 Å². The Balaban J connectivity index is 1.29. The molecule has 1 aromatic carbocycles. The highest BCUT2D eigenvalue weighted by atomic mass is 35.5. The van der Waals surface area contributed by atoms with E-state index in [0.717, 1.165) is 58.0 Å². The van der Waals surface area contributed by atoms with E-state index in [1.807, 2.05) is 4.90 Å². The molecule has 1 aliphatic carbocycles. The van der Waals surface area contributed by atoms with Crippen LogP contribution in [0, 0.1) is 5.41 Å². The molecule has 194 valence electrons. The van der Waals surface area contributed by atoms with Crippen LogP contribution < -0.4 is 9.64 Å². The molecule has 1 saturated carbocycles. The number of nitrogens with zero attached hydrogens (tertiary/aromatic N) is 3. The van der Waals surface area contributed by atoms with Crippen LogP contribution in [-0.4, -0.2) is 59.0 Å². The number of halogens is 4. The van der Waals surface area contributed by atoms with Crippen LogP contribution >= 0.6 is 11.6 Å². The minimum absolute atomic E-state index is 0.211. The number of benzene rings is 1. The van der Waals surface area contributed by atoms with E-state index in [4.69, 9.17) is 11.6 Å². The van der Waals surface area contributed by atoms with E-state index in [1.165, 1.54) is 24.3 Å². The van der Waals surface area contributed by atoms with Gasteiger partial charge in [0, 0.05) is 37.4 Å². The number of likely N-dealkylation sites (tertiary alicyclic amines) is 1. The van der Waals surface area contributed by atoms with Crippen LogP contribution in [0.2, 0.25) is 5.02 Å². The number of anilines is 1. The third kappa shape index (κ3) is 5.13. The van der Waals surface area contributed by atoms with Gasteiger partial charge in [-0.3, -0.25) is 4.79 Å². The van der Waals surface area contributed by atoms with Crippen LogP contribution in [0.5, 0.6) is 5.75 Å². The van der Waals surface area contributed by atoms with Crippen molar-refractivity contribution >= 4 is 23.3 Å². The molecule has 1 amide bonds. The Morgan fingerprint density at radius 3 is 2.44 bits per heavy atom. The molecular formula is C26H29ClF3N3O3. The Bertz CT molecular complexity index is 1110. The lowest BCUT2D eigenvalue weighted by Crippen LogP contribution is -2.50. The second kappa shape index (κ2) is 9.74. The summed E-state index contributed by atoms with van der Waals surface area (Å²) in [7, 11) is 0. The smallest absolute Gasteiger partial charge is 0.406 e. The molecule has 3 heterocycles. The highest BCUT2D eigenvalue weighted by Gasteiger charge is 2.51. The number of ether oxygens (including phenoxy) is 1. The number of carbonyl (C=O) groups is 1. The maximum atomic E-state index is 13.6. The Morgan fingerprint density at radius 2 is 1.78 bits per heavy atom. The maximum Gasteiger partial charge on any atom is 0.573 e. The largest absolute Gasteiger partial charge is 0.573 e. The van der Waals surface area contributed by atoms with Crippen molar-refractivity contribution in [2.75, 3.05) is 24.5 Å². The number of rotatable bonds is 4. The van der Waals surface area contributed by atoms with Crippen LogP contribution in [0.15, 0.2) is 36.5 Å². The van der Waals surface area contributed by atoms with Crippen LogP contribution in [0.3, 0.4) is 0 Å². The number of amides is 1. The molecule has 1 aromatic heterocycles. The minimum Gasteiger partial charge on any atom is -0.406 e. The minimum atomic E-state index is -4.74. The van der Waals surface area contributed by atoms with E-state index in [9.17, 15) is 23.1 Å². The van der Waals surface area contributed by atoms with Crippen molar-refractivity contribution in [3.8, 4) is 16.9 Å². The Kier molecular flexibility index (Phi) is 6.80. The molecule has 2 aliphatic heterocycles. The van der Waals surface area contributed by atoms with Crippen LogP contribution in [0.4, 0.5) is 19.0 Å². The third-order valence-electron chi connectivity index (χ3n) is 7.77. The van der Waals surface area contributed by atoms with Gasteiger partial charge in [0.1, 0.15) is 11.6 Å². The molecule has 5 rings (SSSR count). The molecule has 10 heteroatoms. The van der Waals surface area contributed by atoms with Crippen molar-refractivity contribution in [3.05, 3.63) is 41.6 Å². The summed E-state index contributed by atoms with van der Waals surface area (Å²) in [5.74, 6) is 0.534. The predicted molar refractivity (Wildman–Crippen MR) is 130 cm³/mol. The van der Waals surface area contributed by atoms with Gasteiger partial charge >= 0.3 is 6.36 Å². The number of aliphatic hydroxyl groups excluding tert-OH is 1. The molecule has 0 radical (unpaired) electrons. The number of carbonyl (C=O) groups excluding carboxylic acids is 1. The fourth-order valence-corrected chi connectivity index (χ4v) is 6.21. The highest BCUT2D eigenvalue weighted by molar-refractivity contribution is 6.33. The standard InChI is InChI=1S/C26H29ClF3N3O3/c27-22-14-18(17-2-8-21(9-3-17)36-26(28,29)30)15-31-23(22)32-12-1-10-25(16-32)11-13-33(24(25)35)19-4-6-20(34)7-5-19/h2-3,8-9,14-15,19-20,34H,1,4-7,10-13,16H2/t19-,20-,25-/m0/s1. The molecule has 1 N–H and O–H groups in total. The van der Waals surface area contributed by atoms with E-state index < -0.39 is 11.8 Å². The second-order valence-corrected chi connectivity index (χ2v) is 10.5. The van der Waals surface area contributed by atoms with Gasteiger partial charge in [-0.15, -0.1) is 13.2 Å². The summed E-state index contributed by atoms with van der Waals surface area (Å²) < 4.78 is 41.2. The number of aromatic nitrogens is 1. The number of hydrogen-bond acceptors (Lipinski definition) is 5. The zero-order chi connectivity index (χ0) is 25.5. The summed E-state index contributed by atoms with van der Waals surface area (Å²) in [6.45, 7) is 2.06. The van der Waals surface area contributed by atoms with Crippen molar-refractivity contribution in [1.29, 1.82) is 0 Å². The Hall–Kier alpha value is -2.52. The van der Waals surface area contributed by atoms with Gasteiger partial charge in [0.05, 0.1) is 16.5 Å². The summed E-state index contributed by atoms with van der Waals surface area (Å²) in [5, 5.41) is 10.3. The summed E-state index contributed by atoms with van der Waals surface area (Å²) in [6.07, 6.45) is 2.38. The van der Waals surface area contributed by atoms with Gasteiger partial charge in [0.2, 0.25) is 5.91 Å². The first-order valence-corrected chi connectivity index (χ1v) is 12.8. The van der Waals surface area contributed by atoms with E-state index in [-0.39, 0.29) is 23.8 Å². The van der Waals surface area contributed by atoms with Gasteiger partial charge < -0.3 is 19.6 Å². The molecule has 36 heavy (non-hydrogen) atoms. The summed E-state index contributed by atoms with van der Waals surface area (Å²) in [4.78, 5) is 22.3. The monoisotopic (exact) mass is 523 g/mol. The number of hydrogen-bond donors (Lipinski definition) is 1. The second-order valence-electron chi connectivity index (χ2n) is 10.1. The first-order chi connectivity index (χ1) is 17.1. The van der Waals surface area contributed by atoms with Gasteiger partial charge in [0.15, 0.2) is 0 Å². The molecule has 3 aliphatic rings. The van der Waals surface area contributed by atoms with E-state index in [2.05, 4.69) is 14.6 Å². The van der Waals surface area contributed by atoms with Crippen molar-refractivity contribution in [1.82, 2.24) is 9.88 Å². The first-order valence-electron chi connectivity index (χ1n) is 12.4. The first kappa shape index (κ1) is 25.1. The van der Waals surface area contributed by atoms with Gasteiger partial charge in [-0.05, 0) is 68.7 Å². The average Bonchev–Trinajstić information content (AvgIpc) is 3.14. The molecule has 0 bridgehead atoms. The van der Waals surface area contributed by atoms with Crippen LogP contribution in [-0.2, 0) is 4.79 Å². The molecule has 2 saturated heterocycles. The van der Waals surface area contributed by atoms with E-state index >= 15 is 0 Å². The zero-order valence-electron chi connectivity index (χ0n) is 19.8.